The zero-order chi connectivity index (χ0) is 34.0. The number of rotatable bonds is 9. The van der Waals surface area contributed by atoms with Crippen LogP contribution in [0.3, 0.4) is 0 Å². The van der Waals surface area contributed by atoms with Crippen LogP contribution in [0.1, 0.15) is 70.5 Å². The fraction of sp³-hybridized carbons (Fsp3) is 0.500. The van der Waals surface area contributed by atoms with E-state index in [0.717, 1.165) is 53.0 Å². The lowest BCUT2D eigenvalue weighted by atomic mass is 9.68. The van der Waals surface area contributed by atoms with Gasteiger partial charge in [-0.25, -0.2) is 9.97 Å². The van der Waals surface area contributed by atoms with Gasteiger partial charge in [0.25, 0.3) is 5.56 Å². The van der Waals surface area contributed by atoms with Crippen molar-refractivity contribution in [1.82, 2.24) is 25.2 Å². The highest BCUT2D eigenvalue weighted by Crippen LogP contribution is 2.38. The van der Waals surface area contributed by atoms with Crippen LogP contribution in [0.4, 0.5) is 0 Å². The Morgan fingerprint density at radius 2 is 2.04 bits per heavy atom. The number of hydrogen-bond acceptors (Lipinski definition) is 8. The fourth-order valence-electron chi connectivity index (χ4n) is 6.44. The number of para-hydroxylation sites is 1. The van der Waals surface area contributed by atoms with Crippen molar-refractivity contribution in [2.45, 2.75) is 77.7 Å². The highest BCUT2D eigenvalue weighted by Gasteiger charge is 2.40. The second-order valence-electron chi connectivity index (χ2n) is 12.1. The first-order valence-corrected chi connectivity index (χ1v) is 16.9. The number of halogens is 1. The van der Waals surface area contributed by atoms with Gasteiger partial charge in [-0.3, -0.25) is 9.59 Å². The van der Waals surface area contributed by atoms with Gasteiger partial charge in [-0.1, -0.05) is 57.9 Å². The maximum atomic E-state index is 13.0. The summed E-state index contributed by atoms with van der Waals surface area (Å²) in [7, 11) is 0. The van der Waals surface area contributed by atoms with Gasteiger partial charge in [0.2, 0.25) is 5.91 Å². The first kappa shape index (κ1) is 35.9. The molecular formula is C36H46ClN5O5. The number of furan rings is 1. The summed E-state index contributed by atoms with van der Waals surface area (Å²) in [5.41, 5.74) is 3.60. The summed E-state index contributed by atoms with van der Waals surface area (Å²) in [6.07, 6.45) is 11.6. The number of amides is 1. The van der Waals surface area contributed by atoms with Crippen LogP contribution in [-0.2, 0) is 27.8 Å². The monoisotopic (exact) mass is 663 g/mol. The molecule has 3 atom stereocenters. The number of hydrogen-bond donors (Lipinski definition) is 3. The number of carbonyl (C=O) groups excluding carboxylic acids is 1. The fourth-order valence-corrected chi connectivity index (χ4v) is 6.61. The van der Waals surface area contributed by atoms with Crippen LogP contribution in [0.5, 0.6) is 0 Å². The first-order chi connectivity index (χ1) is 22.7. The summed E-state index contributed by atoms with van der Waals surface area (Å²) in [5.74, 6) is 0.904. The molecule has 0 saturated carbocycles. The minimum atomic E-state index is -0.347. The molecular weight excluding hydrogens is 618 g/mol. The topological polar surface area (TPSA) is 134 Å². The predicted molar refractivity (Wildman–Crippen MR) is 185 cm³/mol. The number of carbonyl (C=O) groups is 1. The Labute approximate surface area is 281 Å². The maximum absolute atomic E-state index is 13.0. The Kier molecular flexibility index (Phi) is 12.8. The summed E-state index contributed by atoms with van der Waals surface area (Å²) in [4.78, 5) is 39.9. The summed E-state index contributed by atoms with van der Waals surface area (Å²) in [6, 6.07) is 10.1. The van der Waals surface area contributed by atoms with Gasteiger partial charge in [0.15, 0.2) is 5.58 Å². The van der Waals surface area contributed by atoms with Gasteiger partial charge in [-0.15, -0.1) is 0 Å². The lowest BCUT2D eigenvalue weighted by Gasteiger charge is -2.44. The third-order valence-electron chi connectivity index (χ3n) is 9.19. The van der Waals surface area contributed by atoms with Crippen molar-refractivity contribution in [3.8, 4) is 12.5 Å². The number of aromatic amines is 1. The molecule has 2 aliphatic rings. The molecule has 2 saturated heterocycles. The molecule has 10 nitrogen and oxygen atoms in total. The normalized spacial score (nSPS) is 20.6. The molecule has 1 amide bonds. The molecule has 5 heterocycles. The molecule has 47 heavy (non-hydrogen) atoms. The van der Waals surface area contributed by atoms with Crippen molar-refractivity contribution in [1.29, 1.82) is 0 Å². The van der Waals surface area contributed by atoms with Crippen molar-refractivity contribution in [2.75, 3.05) is 32.8 Å². The Bertz CT molecular complexity index is 1740. The van der Waals surface area contributed by atoms with Crippen molar-refractivity contribution in [3.63, 3.8) is 0 Å². The number of aliphatic hydroxyl groups excluding tert-OH is 1. The number of aromatic nitrogens is 3. The molecule has 4 aromatic rings. The summed E-state index contributed by atoms with van der Waals surface area (Å²) in [5, 5.41) is 12.2. The van der Waals surface area contributed by atoms with Crippen LogP contribution < -0.4 is 10.9 Å². The molecule has 0 radical (unpaired) electrons. The zero-order valence-electron chi connectivity index (χ0n) is 27.8. The number of terminal acetylenes is 1. The number of nitrogens with one attached hydrogen (secondary N) is 2. The minimum Gasteiger partial charge on any atom is -0.462 e. The minimum absolute atomic E-state index is 0.0674. The van der Waals surface area contributed by atoms with Crippen molar-refractivity contribution < 1.29 is 19.1 Å². The molecule has 0 bridgehead atoms. The number of benzene rings is 1. The quantitative estimate of drug-likeness (QED) is 0.152. The van der Waals surface area contributed by atoms with Crippen molar-refractivity contribution >= 4 is 39.6 Å². The largest absolute Gasteiger partial charge is 0.462 e. The summed E-state index contributed by atoms with van der Waals surface area (Å²) in [6.45, 7) is 11.2. The van der Waals surface area contributed by atoms with Gasteiger partial charge >= 0.3 is 0 Å². The third-order valence-corrected chi connectivity index (χ3v) is 9.41. The standard InChI is InChI=1S/C32H38ClN5O4.C2H2O.C2H6/c1-20-19-38(13-11-32(20,2)24-16-21(33)18-35-31(24)40)28(39)10-15-41-14-9-27-36-25(17-22-6-5-12-34-22)30-29(37-27)23-7-3-4-8-26(23)42-30;1-2-3;1-2/h3-4,7-8,16,18,20,22,34H,5-6,9-15,17,19H2,1-2H3,(H,35,40);1,3H;1-2H3. The van der Waals surface area contributed by atoms with Gasteiger partial charge in [0, 0.05) is 54.5 Å². The predicted octanol–water partition coefficient (Wildman–Crippen LogP) is 5.76. The van der Waals surface area contributed by atoms with Gasteiger partial charge in [0.05, 0.1) is 30.4 Å². The molecule has 2 fully saturated rings. The van der Waals surface area contributed by atoms with E-state index in [1.54, 1.807) is 6.07 Å². The van der Waals surface area contributed by atoms with E-state index >= 15 is 0 Å². The lowest BCUT2D eigenvalue weighted by molar-refractivity contribution is -0.135. The van der Waals surface area contributed by atoms with Crippen LogP contribution in [0.25, 0.3) is 22.1 Å². The molecule has 3 unspecified atom stereocenters. The van der Waals surface area contributed by atoms with E-state index in [4.69, 9.17) is 35.8 Å². The lowest BCUT2D eigenvalue weighted by Crippen LogP contribution is -2.51. The SMILES string of the molecule is C#CO.CC.CC1CN(C(=O)CCOCCc2nc(CC3CCCN3)c3oc4ccccc4c3n2)CCC1(C)c1cc(Cl)c[nH]c1=O. The summed E-state index contributed by atoms with van der Waals surface area (Å²) < 4.78 is 12.1. The molecule has 3 N–H and O–H groups in total. The van der Waals surface area contributed by atoms with Gasteiger partial charge < -0.3 is 29.5 Å². The number of fused-ring (bicyclic) bond motifs is 3. The molecule has 6 rings (SSSR count). The van der Waals surface area contributed by atoms with Crippen LogP contribution >= 0.6 is 11.6 Å². The molecule has 3 aromatic heterocycles. The summed E-state index contributed by atoms with van der Waals surface area (Å²) >= 11 is 6.17. The smallest absolute Gasteiger partial charge is 0.251 e. The second kappa shape index (κ2) is 16.8. The van der Waals surface area contributed by atoms with E-state index < -0.39 is 0 Å². The van der Waals surface area contributed by atoms with Crippen LogP contribution in [0.15, 0.2) is 45.7 Å². The number of aliphatic hydroxyl groups is 1. The molecule has 11 heteroatoms. The van der Waals surface area contributed by atoms with E-state index in [2.05, 4.69) is 30.6 Å². The van der Waals surface area contributed by atoms with Gasteiger partial charge in [-0.05, 0) is 49.9 Å². The molecule has 252 valence electrons. The number of likely N-dealkylation sites (tertiary alicyclic amines) is 1. The van der Waals surface area contributed by atoms with E-state index in [1.165, 1.54) is 18.7 Å². The van der Waals surface area contributed by atoms with Crippen LogP contribution in [0, 0.1) is 18.4 Å². The Balaban J connectivity index is 0.000000947. The van der Waals surface area contributed by atoms with Crippen molar-refractivity contribution in [2.24, 2.45) is 5.92 Å². The Morgan fingerprint density at radius 3 is 2.77 bits per heavy atom. The number of piperidine rings is 1. The van der Waals surface area contributed by atoms with E-state index in [1.807, 2.05) is 43.0 Å². The molecule has 0 aliphatic carbocycles. The molecule has 0 spiro atoms. The number of H-pyrrole nitrogens is 1. The highest BCUT2D eigenvalue weighted by molar-refractivity contribution is 6.30. The number of nitrogens with zero attached hydrogens (tertiary/aromatic N) is 3. The van der Waals surface area contributed by atoms with Crippen LogP contribution in [0.2, 0.25) is 5.02 Å². The highest BCUT2D eigenvalue weighted by atomic mass is 35.5. The maximum Gasteiger partial charge on any atom is 0.251 e. The average Bonchev–Trinajstić information content (AvgIpc) is 3.73. The van der Waals surface area contributed by atoms with Gasteiger partial charge in [0.1, 0.15) is 23.0 Å². The zero-order valence-corrected chi connectivity index (χ0v) is 28.5. The molecule has 2 aliphatic heterocycles. The third kappa shape index (κ3) is 8.52. The van der Waals surface area contributed by atoms with Crippen LogP contribution in [-0.4, -0.2) is 69.8 Å². The van der Waals surface area contributed by atoms with E-state index in [-0.39, 0.29) is 22.8 Å². The van der Waals surface area contributed by atoms with E-state index in [9.17, 15) is 9.59 Å². The number of ether oxygens (including phenoxy) is 1. The second-order valence-corrected chi connectivity index (χ2v) is 12.5. The van der Waals surface area contributed by atoms with E-state index in [0.29, 0.717) is 62.2 Å². The Hall–Kier alpha value is -3.91. The Morgan fingerprint density at radius 1 is 1.28 bits per heavy atom. The van der Waals surface area contributed by atoms with Gasteiger partial charge in [-0.2, -0.15) is 0 Å². The van der Waals surface area contributed by atoms with Crippen molar-refractivity contribution in [3.05, 3.63) is 69.0 Å². The first-order valence-electron chi connectivity index (χ1n) is 16.5. The number of pyridine rings is 1. The molecule has 1 aromatic carbocycles. The average molecular weight is 664 g/mol.